The summed E-state index contributed by atoms with van der Waals surface area (Å²) in [4.78, 5) is 27.6. The molecule has 0 bridgehead atoms. The third-order valence-electron chi connectivity index (χ3n) is 6.02. The molecule has 0 atom stereocenters. The van der Waals surface area contributed by atoms with E-state index in [1.807, 2.05) is 0 Å². The van der Waals surface area contributed by atoms with Crippen molar-refractivity contribution < 1.29 is 22.8 Å². The number of hydrogen-bond acceptors (Lipinski definition) is 3. The molecule has 1 saturated heterocycles. The van der Waals surface area contributed by atoms with Crippen molar-refractivity contribution in [2.45, 2.75) is 62.7 Å². The maximum atomic E-state index is 13.5. The third kappa shape index (κ3) is 4.91. The zero-order valence-corrected chi connectivity index (χ0v) is 17.5. The van der Waals surface area contributed by atoms with E-state index in [9.17, 15) is 22.8 Å². The second-order valence-corrected chi connectivity index (χ2v) is 8.27. The zero-order chi connectivity index (χ0) is 21.8. The number of halogens is 4. The Labute approximate surface area is 179 Å². The summed E-state index contributed by atoms with van der Waals surface area (Å²) >= 11 is 5.84. The first-order valence-electron chi connectivity index (χ1n) is 10.4. The number of nitrogens with one attached hydrogen (secondary N) is 2. The molecule has 2 N–H and O–H groups in total. The molecule has 0 radical (unpaired) electrons. The highest BCUT2D eigenvalue weighted by Gasteiger charge is 2.48. The lowest BCUT2D eigenvalue weighted by Gasteiger charge is -2.46. The molecule has 0 spiro atoms. The third-order valence-corrected chi connectivity index (χ3v) is 6.25. The van der Waals surface area contributed by atoms with Crippen LogP contribution in [0.3, 0.4) is 0 Å². The topological polar surface area (TPSA) is 61.4 Å². The van der Waals surface area contributed by atoms with E-state index in [2.05, 4.69) is 10.6 Å². The fourth-order valence-electron chi connectivity index (χ4n) is 4.47. The van der Waals surface area contributed by atoms with Crippen LogP contribution in [0, 0.1) is 0 Å². The number of hydrogen-bond donors (Lipinski definition) is 2. The van der Waals surface area contributed by atoms with Gasteiger partial charge >= 0.3 is 6.18 Å². The number of carbonyl (C=O) groups excluding carboxylic acids is 2. The summed E-state index contributed by atoms with van der Waals surface area (Å²) in [7, 11) is 0. The normalized spacial score (nSPS) is 19.9. The molecule has 2 aliphatic rings. The minimum absolute atomic E-state index is 0.0208. The Morgan fingerprint density at radius 3 is 2.43 bits per heavy atom. The first-order chi connectivity index (χ1) is 14.3. The highest BCUT2D eigenvalue weighted by Crippen LogP contribution is 2.37. The fourth-order valence-corrected chi connectivity index (χ4v) is 4.59. The lowest BCUT2D eigenvalue weighted by atomic mass is 9.83. The lowest BCUT2D eigenvalue weighted by molar-refractivity contribution is -0.137. The van der Waals surface area contributed by atoms with Crippen molar-refractivity contribution in [3.63, 3.8) is 0 Å². The highest BCUT2D eigenvalue weighted by molar-refractivity contribution is 6.30. The summed E-state index contributed by atoms with van der Waals surface area (Å²) in [6.45, 7) is 0.951. The van der Waals surface area contributed by atoms with Gasteiger partial charge < -0.3 is 10.6 Å². The van der Waals surface area contributed by atoms with Gasteiger partial charge in [-0.15, -0.1) is 11.6 Å². The van der Waals surface area contributed by atoms with Gasteiger partial charge in [0.1, 0.15) is 11.4 Å². The Balaban J connectivity index is 2.01. The molecule has 1 aliphatic carbocycles. The monoisotopic (exact) mass is 445 g/mol. The van der Waals surface area contributed by atoms with Gasteiger partial charge in [-0.25, -0.2) is 0 Å². The van der Waals surface area contributed by atoms with Crippen LogP contribution < -0.4 is 15.5 Å². The van der Waals surface area contributed by atoms with Crippen LogP contribution in [0.2, 0.25) is 0 Å². The Kier molecular flexibility index (Phi) is 7.29. The van der Waals surface area contributed by atoms with E-state index >= 15 is 0 Å². The van der Waals surface area contributed by atoms with Crippen LogP contribution in [-0.2, 0) is 15.8 Å². The molecule has 5 nitrogen and oxygen atoms in total. The van der Waals surface area contributed by atoms with Crippen LogP contribution in [-0.4, -0.2) is 42.4 Å². The molecule has 9 heteroatoms. The molecule has 0 unspecified atom stereocenters. The average molecular weight is 446 g/mol. The van der Waals surface area contributed by atoms with E-state index in [1.165, 1.54) is 17.0 Å². The minimum Gasteiger partial charge on any atom is -0.351 e. The molecule has 2 amide bonds. The second kappa shape index (κ2) is 9.56. The fraction of sp³-hybridized carbons (Fsp3) is 0.619. The number of nitrogens with zero attached hydrogens (tertiary/aromatic N) is 1. The molecule has 3 rings (SSSR count). The number of benzene rings is 1. The molecular formula is C21H27ClF3N3O2. The minimum atomic E-state index is -4.56. The average Bonchev–Trinajstić information content (AvgIpc) is 2.74. The maximum absolute atomic E-state index is 13.5. The van der Waals surface area contributed by atoms with E-state index in [-0.39, 0.29) is 17.6 Å². The van der Waals surface area contributed by atoms with Gasteiger partial charge in [-0.2, -0.15) is 13.2 Å². The number of anilines is 1. The predicted molar refractivity (Wildman–Crippen MR) is 110 cm³/mol. The number of carbonyl (C=O) groups is 2. The molecule has 166 valence electrons. The Morgan fingerprint density at radius 1 is 1.17 bits per heavy atom. The SMILES string of the molecule is O=C(CCl)N(c1cccc(C(F)(F)F)c1)C1(C(=O)NC2CCCCC2)CCNCC1. The highest BCUT2D eigenvalue weighted by atomic mass is 35.5. The predicted octanol–water partition coefficient (Wildman–Crippen LogP) is 3.85. The Hall–Kier alpha value is -1.80. The van der Waals surface area contributed by atoms with Crippen molar-refractivity contribution in [2.75, 3.05) is 23.9 Å². The van der Waals surface area contributed by atoms with Gasteiger partial charge in [0.25, 0.3) is 0 Å². The quantitative estimate of drug-likeness (QED) is 0.677. The van der Waals surface area contributed by atoms with Crippen LogP contribution in [0.5, 0.6) is 0 Å². The van der Waals surface area contributed by atoms with Gasteiger partial charge in [0.2, 0.25) is 11.8 Å². The molecule has 1 aliphatic heterocycles. The standard InChI is InChI=1S/C21H27ClF3N3O2/c22-14-18(29)28(17-8-4-5-15(13-17)21(23,24)25)20(9-11-26-12-10-20)19(30)27-16-6-2-1-3-7-16/h4-5,8,13,16,26H,1-3,6-7,9-12,14H2,(H,27,30). The number of piperidine rings is 1. The number of alkyl halides is 4. The Bertz CT molecular complexity index is 760. The molecule has 1 heterocycles. The van der Waals surface area contributed by atoms with E-state index in [1.54, 1.807) is 0 Å². The van der Waals surface area contributed by atoms with Crippen LogP contribution in [0.25, 0.3) is 0 Å². The summed E-state index contributed by atoms with van der Waals surface area (Å²) in [6, 6.07) is 4.57. The number of amides is 2. The first-order valence-corrected chi connectivity index (χ1v) is 10.9. The molecule has 1 aromatic rings. The summed E-state index contributed by atoms with van der Waals surface area (Å²) in [5.74, 6) is -1.33. The van der Waals surface area contributed by atoms with E-state index in [0.717, 1.165) is 44.2 Å². The molecule has 0 aromatic heterocycles. The first kappa shape index (κ1) is 22.9. The van der Waals surface area contributed by atoms with Crippen molar-refractivity contribution in [1.29, 1.82) is 0 Å². The molecular weight excluding hydrogens is 419 g/mol. The summed E-state index contributed by atoms with van der Waals surface area (Å²) in [5, 5.41) is 6.24. The van der Waals surface area contributed by atoms with Crippen LogP contribution >= 0.6 is 11.6 Å². The molecule has 1 aromatic carbocycles. The summed E-state index contributed by atoms with van der Waals surface area (Å²) < 4.78 is 39.9. The van der Waals surface area contributed by atoms with Gasteiger partial charge in [0, 0.05) is 11.7 Å². The van der Waals surface area contributed by atoms with Crippen molar-refractivity contribution in [3.05, 3.63) is 29.8 Å². The van der Waals surface area contributed by atoms with Crippen molar-refractivity contribution in [3.8, 4) is 0 Å². The van der Waals surface area contributed by atoms with Crippen molar-refractivity contribution in [2.24, 2.45) is 0 Å². The van der Waals surface area contributed by atoms with Gasteiger partial charge in [-0.05, 0) is 57.0 Å². The summed E-state index contributed by atoms with van der Waals surface area (Å²) in [6.07, 6.45) is 0.948. The smallest absolute Gasteiger partial charge is 0.351 e. The zero-order valence-electron chi connectivity index (χ0n) is 16.7. The number of rotatable bonds is 5. The van der Waals surface area contributed by atoms with Crippen molar-refractivity contribution in [1.82, 2.24) is 10.6 Å². The second-order valence-electron chi connectivity index (χ2n) is 8.00. The lowest BCUT2D eigenvalue weighted by Crippen LogP contribution is -2.66. The van der Waals surface area contributed by atoms with Crippen LogP contribution in [0.1, 0.15) is 50.5 Å². The van der Waals surface area contributed by atoms with E-state index in [4.69, 9.17) is 11.6 Å². The van der Waals surface area contributed by atoms with E-state index < -0.39 is 29.1 Å². The summed E-state index contributed by atoms with van der Waals surface area (Å²) in [5.41, 5.74) is -2.11. The van der Waals surface area contributed by atoms with Gasteiger partial charge in [0.05, 0.1) is 5.56 Å². The van der Waals surface area contributed by atoms with E-state index in [0.29, 0.717) is 25.9 Å². The van der Waals surface area contributed by atoms with Crippen molar-refractivity contribution >= 4 is 29.1 Å². The Morgan fingerprint density at radius 2 is 1.83 bits per heavy atom. The molecule has 1 saturated carbocycles. The van der Waals surface area contributed by atoms with Gasteiger partial charge in [-0.3, -0.25) is 14.5 Å². The molecule has 2 fully saturated rings. The van der Waals surface area contributed by atoms with Crippen LogP contribution in [0.15, 0.2) is 24.3 Å². The largest absolute Gasteiger partial charge is 0.416 e. The molecule has 30 heavy (non-hydrogen) atoms. The maximum Gasteiger partial charge on any atom is 0.416 e. The van der Waals surface area contributed by atoms with Gasteiger partial charge in [-0.1, -0.05) is 25.3 Å². The van der Waals surface area contributed by atoms with Crippen LogP contribution in [0.4, 0.5) is 18.9 Å². The van der Waals surface area contributed by atoms with Gasteiger partial charge in [0.15, 0.2) is 0 Å².